The van der Waals surface area contributed by atoms with Crippen LogP contribution in [0.5, 0.6) is 5.75 Å². The van der Waals surface area contributed by atoms with E-state index < -0.39 is 0 Å². The number of hydrogen-bond acceptors (Lipinski definition) is 5. The van der Waals surface area contributed by atoms with Crippen LogP contribution in [-0.2, 0) is 17.6 Å². The number of carbonyl (C=O) groups excluding carboxylic acids is 1. The van der Waals surface area contributed by atoms with Gasteiger partial charge in [-0.05, 0) is 42.0 Å². The lowest BCUT2D eigenvalue weighted by molar-refractivity contribution is -0.109. The van der Waals surface area contributed by atoms with Gasteiger partial charge in [-0.15, -0.1) is 0 Å². The molecule has 4 rings (SSSR count). The number of carbonyl (C=O) groups is 1. The summed E-state index contributed by atoms with van der Waals surface area (Å²) in [6, 6.07) is 8.84. The summed E-state index contributed by atoms with van der Waals surface area (Å²) in [6.45, 7) is 2.24. The molecule has 2 unspecified atom stereocenters. The molecule has 0 aliphatic carbocycles. The van der Waals surface area contributed by atoms with Crippen molar-refractivity contribution in [3.63, 3.8) is 0 Å². The monoisotopic (exact) mass is 337 g/mol. The first-order valence-corrected chi connectivity index (χ1v) is 9.02. The van der Waals surface area contributed by atoms with E-state index >= 15 is 0 Å². The van der Waals surface area contributed by atoms with Gasteiger partial charge in [-0.2, -0.15) is 0 Å². The number of ether oxygens (including phenoxy) is 1. The lowest BCUT2D eigenvalue weighted by Gasteiger charge is -2.21. The molecule has 0 saturated carbocycles. The van der Waals surface area contributed by atoms with E-state index in [0.29, 0.717) is 18.5 Å². The normalized spacial score (nSPS) is 22.6. The zero-order valence-electron chi connectivity index (χ0n) is 14.3. The number of aldehydes is 1. The fraction of sp³-hybridized carbons (Fsp3) is 0.450. The number of nitrogens with zero attached hydrogens (tertiary/aromatic N) is 3. The highest BCUT2D eigenvalue weighted by Crippen LogP contribution is 2.36. The van der Waals surface area contributed by atoms with Crippen molar-refractivity contribution in [2.75, 3.05) is 19.7 Å². The summed E-state index contributed by atoms with van der Waals surface area (Å²) >= 11 is 0. The van der Waals surface area contributed by atoms with E-state index in [2.05, 4.69) is 33.1 Å². The Hall–Kier alpha value is -2.27. The van der Waals surface area contributed by atoms with Crippen LogP contribution in [0.25, 0.3) is 0 Å². The van der Waals surface area contributed by atoms with Gasteiger partial charge >= 0.3 is 0 Å². The predicted octanol–water partition coefficient (Wildman–Crippen LogP) is 2.40. The number of aryl methyl sites for hydroxylation is 1. The van der Waals surface area contributed by atoms with Crippen LogP contribution in [0.1, 0.15) is 35.7 Å². The molecule has 1 fully saturated rings. The minimum atomic E-state index is 0.406. The maximum Gasteiger partial charge on any atom is 0.133 e. The van der Waals surface area contributed by atoms with Crippen LogP contribution in [0, 0.1) is 0 Å². The Morgan fingerprint density at radius 3 is 3.00 bits per heavy atom. The highest BCUT2D eigenvalue weighted by molar-refractivity contribution is 5.52. The van der Waals surface area contributed by atoms with Gasteiger partial charge in [-0.3, -0.25) is 4.90 Å². The molecular formula is C20H23N3O2. The smallest absolute Gasteiger partial charge is 0.133 e. The molecule has 0 radical (unpaired) electrons. The van der Waals surface area contributed by atoms with Gasteiger partial charge in [-0.1, -0.05) is 12.1 Å². The van der Waals surface area contributed by atoms with Gasteiger partial charge in [-0.25, -0.2) is 9.97 Å². The zero-order chi connectivity index (χ0) is 17.1. The lowest BCUT2D eigenvalue weighted by Crippen LogP contribution is -2.31. The average molecular weight is 337 g/mol. The summed E-state index contributed by atoms with van der Waals surface area (Å²) in [6.07, 6.45) is 8.52. The van der Waals surface area contributed by atoms with Gasteiger partial charge in [0.1, 0.15) is 17.9 Å². The first kappa shape index (κ1) is 16.2. The minimum Gasteiger partial charge on any atom is -0.493 e. The summed E-state index contributed by atoms with van der Waals surface area (Å²) < 4.78 is 5.61. The Kier molecular flexibility index (Phi) is 4.74. The molecule has 2 aliphatic heterocycles. The molecule has 0 spiro atoms. The summed E-state index contributed by atoms with van der Waals surface area (Å²) in [7, 11) is 0. The SMILES string of the molecule is O=CCN1CC(c2ccc3c(c2)CCO3)CC1CCc1ncccn1. The van der Waals surface area contributed by atoms with Crippen LogP contribution >= 0.6 is 0 Å². The Bertz CT molecular complexity index is 735. The Morgan fingerprint density at radius 1 is 1.28 bits per heavy atom. The van der Waals surface area contributed by atoms with Gasteiger partial charge in [0.2, 0.25) is 0 Å². The molecule has 2 atom stereocenters. The molecule has 2 aliphatic rings. The summed E-state index contributed by atoms with van der Waals surface area (Å²) in [5, 5.41) is 0. The second-order valence-electron chi connectivity index (χ2n) is 6.88. The van der Waals surface area contributed by atoms with Gasteiger partial charge in [0.25, 0.3) is 0 Å². The fourth-order valence-electron chi connectivity index (χ4n) is 4.06. The molecule has 0 amide bonds. The van der Waals surface area contributed by atoms with E-state index in [-0.39, 0.29) is 0 Å². The summed E-state index contributed by atoms with van der Waals surface area (Å²) in [4.78, 5) is 22.0. The summed E-state index contributed by atoms with van der Waals surface area (Å²) in [5.74, 6) is 2.39. The molecule has 3 heterocycles. The number of hydrogen-bond donors (Lipinski definition) is 0. The van der Waals surface area contributed by atoms with Crippen LogP contribution in [0.2, 0.25) is 0 Å². The third kappa shape index (κ3) is 3.56. The quantitative estimate of drug-likeness (QED) is 0.758. The molecule has 130 valence electrons. The van der Waals surface area contributed by atoms with Crippen LogP contribution < -0.4 is 4.74 Å². The topological polar surface area (TPSA) is 55.3 Å². The summed E-state index contributed by atoms with van der Waals surface area (Å²) in [5.41, 5.74) is 2.69. The second kappa shape index (κ2) is 7.31. The molecule has 2 aromatic rings. The van der Waals surface area contributed by atoms with Crippen LogP contribution in [0.15, 0.2) is 36.7 Å². The Morgan fingerprint density at radius 2 is 2.16 bits per heavy atom. The van der Waals surface area contributed by atoms with Crippen molar-refractivity contribution in [3.05, 3.63) is 53.6 Å². The molecule has 5 heteroatoms. The predicted molar refractivity (Wildman–Crippen MR) is 94.8 cm³/mol. The Labute approximate surface area is 148 Å². The molecule has 25 heavy (non-hydrogen) atoms. The van der Waals surface area contributed by atoms with E-state index in [1.165, 1.54) is 11.1 Å². The standard InChI is InChI=1S/C20H23N3O2/c24-10-9-23-14-17(15-2-4-19-16(12-15)6-11-25-19)13-18(23)3-5-20-21-7-1-8-22-20/h1-2,4,7-8,10,12,17-18H,3,5-6,9,11,13-14H2. The van der Waals surface area contributed by atoms with Gasteiger partial charge in [0.05, 0.1) is 13.2 Å². The third-order valence-corrected chi connectivity index (χ3v) is 5.34. The maximum atomic E-state index is 11.1. The van der Waals surface area contributed by atoms with Gasteiger partial charge < -0.3 is 9.53 Å². The molecule has 5 nitrogen and oxygen atoms in total. The highest BCUT2D eigenvalue weighted by Gasteiger charge is 2.33. The third-order valence-electron chi connectivity index (χ3n) is 5.34. The van der Waals surface area contributed by atoms with Crippen molar-refractivity contribution >= 4 is 6.29 Å². The number of rotatable bonds is 6. The van der Waals surface area contributed by atoms with Crippen LogP contribution in [0.3, 0.4) is 0 Å². The van der Waals surface area contributed by atoms with Crippen LogP contribution in [0.4, 0.5) is 0 Å². The van der Waals surface area contributed by atoms with E-state index in [1.54, 1.807) is 12.4 Å². The fourth-order valence-corrected chi connectivity index (χ4v) is 4.06. The molecule has 0 bridgehead atoms. The van der Waals surface area contributed by atoms with Crippen molar-refractivity contribution in [3.8, 4) is 5.75 Å². The number of likely N-dealkylation sites (tertiary alicyclic amines) is 1. The van der Waals surface area contributed by atoms with Crippen molar-refractivity contribution in [2.45, 2.75) is 37.6 Å². The number of aromatic nitrogens is 2. The van der Waals surface area contributed by atoms with E-state index in [0.717, 1.165) is 56.7 Å². The van der Waals surface area contributed by atoms with E-state index in [9.17, 15) is 4.79 Å². The number of fused-ring (bicyclic) bond motifs is 1. The first-order chi connectivity index (χ1) is 12.3. The lowest BCUT2D eigenvalue weighted by atomic mass is 9.93. The maximum absolute atomic E-state index is 11.1. The van der Waals surface area contributed by atoms with Crippen molar-refractivity contribution < 1.29 is 9.53 Å². The second-order valence-corrected chi connectivity index (χ2v) is 6.88. The molecule has 1 aromatic heterocycles. The largest absolute Gasteiger partial charge is 0.493 e. The van der Waals surface area contributed by atoms with Gasteiger partial charge in [0.15, 0.2) is 0 Å². The Balaban J connectivity index is 1.45. The van der Waals surface area contributed by atoms with Gasteiger partial charge in [0, 0.05) is 37.8 Å². The van der Waals surface area contributed by atoms with Crippen molar-refractivity contribution in [1.29, 1.82) is 0 Å². The van der Waals surface area contributed by atoms with Crippen LogP contribution in [-0.4, -0.2) is 46.9 Å². The molecule has 1 saturated heterocycles. The zero-order valence-corrected chi connectivity index (χ0v) is 14.3. The highest BCUT2D eigenvalue weighted by atomic mass is 16.5. The van der Waals surface area contributed by atoms with Crippen molar-refractivity contribution in [2.24, 2.45) is 0 Å². The minimum absolute atomic E-state index is 0.406. The molecular weight excluding hydrogens is 314 g/mol. The van der Waals surface area contributed by atoms with E-state index in [1.807, 2.05) is 6.07 Å². The van der Waals surface area contributed by atoms with Crippen molar-refractivity contribution in [1.82, 2.24) is 14.9 Å². The first-order valence-electron chi connectivity index (χ1n) is 9.02. The molecule has 0 N–H and O–H groups in total. The average Bonchev–Trinajstić information content (AvgIpc) is 3.27. The van der Waals surface area contributed by atoms with E-state index in [4.69, 9.17) is 4.74 Å². The number of benzene rings is 1. The molecule has 1 aromatic carbocycles.